The average molecular weight is 1930 g/mol. The maximum Gasteiger partial charge on any atom is 0.263 e. The number of nitrogens with one attached hydrogen (secondary N) is 4. The lowest BCUT2D eigenvalue weighted by Crippen LogP contribution is -2.26. The van der Waals surface area contributed by atoms with Crippen LogP contribution in [0.1, 0.15) is 109 Å². The van der Waals surface area contributed by atoms with Gasteiger partial charge in [-0.25, -0.2) is 39.3 Å². The Labute approximate surface area is 846 Å². The van der Waals surface area contributed by atoms with Crippen LogP contribution in [0.25, 0.3) is 130 Å². The third-order valence-corrected chi connectivity index (χ3v) is 24.9. The van der Waals surface area contributed by atoms with Gasteiger partial charge in [-0.05, 0) is 226 Å². The number of nitrogens with zero attached hydrogens (tertiary/aromatic N) is 20. The van der Waals surface area contributed by atoms with E-state index < -0.39 is 0 Å². The van der Waals surface area contributed by atoms with Gasteiger partial charge in [-0.3, -0.25) is 67.4 Å². The van der Waals surface area contributed by atoms with Gasteiger partial charge in [0.2, 0.25) is 22.7 Å². The number of para-hydroxylation sites is 4. The molecule has 20 rings (SSSR count). The Kier molecular flexibility index (Phi) is 29.3. The number of rotatable bonds is 21. The highest BCUT2D eigenvalue weighted by molar-refractivity contribution is 6.00. The van der Waals surface area contributed by atoms with Gasteiger partial charge in [0.1, 0.15) is 52.3 Å². The summed E-state index contributed by atoms with van der Waals surface area (Å²) in [5.41, 5.74) is 15.8. The van der Waals surface area contributed by atoms with E-state index in [1.165, 1.54) is 31.0 Å². The number of anilines is 5. The molecule has 0 aliphatic carbocycles. The van der Waals surface area contributed by atoms with Crippen LogP contribution < -0.4 is 48.4 Å². The van der Waals surface area contributed by atoms with E-state index in [-0.39, 0.29) is 52.2 Å². The molecule has 10 heterocycles. The first kappa shape index (κ1) is 98.5. The molecular weight excluding hydrogens is 1830 g/mol. The van der Waals surface area contributed by atoms with E-state index in [2.05, 4.69) is 126 Å². The third kappa shape index (κ3) is 21.2. The lowest BCUT2D eigenvalue weighted by atomic mass is 9.97. The monoisotopic (exact) mass is 1930 g/mol. The van der Waals surface area contributed by atoms with E-state index in [0.717, 1.165) is 100 Å². The summed E-state index contributed by atoms with van der Waals surface area (Å²) in [7, 11) is 4.01. The van der Waals surface area contributed by atoms with E-state index in [4.69, 9.17) is 26.3 Å². The molecule has 0 aliphatic heterocycles. The molecule has 0 saturated heterocycles. The number of nitriles is 1. The second kappa shape index (κ2) is 43.7. The minimum atomic E-state index is -0.372. The Bertz CT molecular complexity index is 8900. The van der Waals surface area contributed by atoms with Crippen molar-refractivity contribution in [2.75, 3.05) is 40.3 Å². The van der Waals surface area contributed by atoms with Crippen molar-refractivity contribution in [1.82, 2.24) is 68.1 Å². The molecule has 0 aliphatic rings. The molecule has 10 aromatic heterocycles. The minimum Gasteiger partial charge on any atom is -0.506 e. The van der Waals surface area contributed by atoms with Crippen molar-refractivity contribution in [1.29, 1.82) is 5.26 Å². The fraction of sp³-hybridized carbons (Fsp3) is 0.127. The van der Waals surface area contributed by atoms with Gasteiger partial charge in [0, 0.05) is 119 Å². The SMILES string of the molecule is [C-]#[N+]c1cnc(C)nc1N[C@@H](C)c1cc2cccc(-c3ccc(C#N)cc3)c2c(=O)n1-c1ccccc1.[C-]#[N+]c1cnc(C)nc1N[C@@H](C)c1cc2cccc(-c3ccc(C)nc3)c2c(=O)n1-c1ccccc1.[C-]#[N+]c1cnc(C)nc1N[C@@H](C)c1cc2cccc(-c3ccc(N(C)C)cc3)c2c(=O)n1-c1ccccc1.[C-]#[N+]c1cnc(C)nc1N[C@@H](C)c1cc2cccc(-c3cncc(O)c3)c2c(=O)n1-c1ccccc1. The molecule has 718 valence electrons. The van der Waals surface area contributed by atoms with Crippen LogP contribution in [-0.4, -0.2) is 87.3 Å². The normalized spacial score (nSPS) is 11.6. The van der Waals surface area contributed by atoms with Crippen molar-refractivity contribution in [2.24, 2.45) is 0 Å². The first-order valence-electron chi connectivity index (χ1n) is 47.0. The summed E-state index contributed by atoms with van der Waals surface area (Å²) in [6, 6.07) is 91.1. The van der Waals surface area contributed by atoms with E-state index in [0.29, 0.717) is 119 Å². The first-order valence-corrected chi connectivity index (χ1v) is 47.0. The van der Waals surface area contributed by atoms with Gasteiger partial charge in [0.25, 0.3) is 22.2 Å². The molecule has 147 heavy (non-hydrogen) atoms. The van der Waals surface area contributed by atoms with Crippen molar-refractivity contribution in [3.63, 3.8) is 0 Å². The molecule has 29 nitrogen and oxygen atoms in total. The van der Waals surface area contributed by atoms with Crippen molar-refractivity contribution in [2.45, 2.75) is 86.5 Å². The molecule has 20 aromatic rings. The van der Waals surface area contributed by atoms with Gasteiger partial charge in [0.05, 0.1) is 89.8 Å². The number of fused-ring (bicyclic) bond motifs is 4. The summed E-state index contributed by atoms with van der Waals surface area (Å²) in [6.45, 7) is 46.8. The van der Waals surface area contributed by atoms with Crippen LogP contribution in [0.5, 0.6) is 5.75 Å². The molecule has 4 atom stereocenters. The van der Waals surface area contributed by atoms with Crippen LogP contribution >= 0.6 is 0 Å². The molecule has 0 saturated carbocycles. The van der Waals surface area contributed by atoms with Gasteiger partial charge < -0.3 is 31.3 Å². The van der Waals surface area contributed by atoms with Gasteiger partial charge in [0.15, 0.2) is 0 Å². The maximum absolute atomic E-state index is 14.3. The van der Waals surface area contributed by atoms with Crippen LogP contribution in [-0.2, 0) is 0 Å². The van der Waals surface area contributed by atoms with E-state index in [1.807, 2.05) is 291 Å². The highest BCUT2D eigenvalue weighted by atomic mass is 16.3. The second-order valence-corrected chi connectivity index (χ2v) is 35.0. The van der Waals surface area contributed by atoms with Crippen LogP contribution in [0.4, 0.5) is 51.7 Å². The third-order valence-electron chi connectivity index (χ3n) is 24.9. The first-order chi connectivity index (χ1) is 71.3. The van der Waals surface area contributed by atoms with Gasteiger partial charge >= 0.3 is 0 Å². The Morgan fingerprint density at radius 1 is 0.327 bits per heavy atom. The van der Waals surface area contributed by atoms with E-state index in [9.17, 15) is 29.5 Å². The molecule has 0 unspecified atom stereocenters. The molecule has 0 spiro atoms. The Balaban J connectivity index is 0.000000134. The lowest BCUT2D eigenvalue weighted by Gasteiger charge is -2.22. The number of benzene rings is 10. The standard InChI is InChI=1S/C31H28N6O.C30H22N6O.C29H24N6O.C28H22N6O2/c1-20(34-30-27(32-3)19-33-21(2)35-30)28-18-23-10-9-13-26(22-14-16-24(17-15-22)36(4)5)29(23)31(38)37(28)25-11-7-6-8-12-25;1-19(34-29-26(32-3)18-33-20(2)35-29)27-16-23-8-7-11-25(22-14-12-21(17-31)13-15-22)28(23)30(37)36(27)24-9-5-4-6-10-24;1-18-13-14-22(16-31-18)24-12-8-9-21-15-26(19(2)33-28-25(30-4)17-32-20(3)34-28)35(29(36)27(21)24)23-10-6-5-7-11-23;1-17(32-27-24(29-3)16-31-18(2)33-27)25-13-19-8-7-11-23(20-12-22(35)15-30-14-20)26(19)28(36)34(25)21-9-5-4-6-10-21/h6-20H,1-2,4-5H3,(H,33,34,35);4-16,18-19H,1-2H3,(H,33,34,35);5-17,19H,1-3H3,(H,32,33,34);4-17,35H,1-2H3,(H,31,32,33)/t20-;2*19-;17-/m0000/s1. The molecule has 10 aromatic carbocycles. The zero-order valence-electron chi connectivity index (χ0n) is 82.0. The van der Waals surface area contributed by atoms with Crippen molar-refractivity contribution < 1.29 is 5.11 Å². The number of aryl methyl sites for hydroxylation is 5. The predicted molar refractivity (Wildman–Crippen MR) is 581 cm³/mol. The molecule has 0 radical (unpaired) electrons. The zero-order valence-corrected chi connectivity index (χ0v) is 82.0. The quantitative estimate of drug-likeness (QED) is 0.0417. The van der Waals surface area contributed by atoms with E-state index in [1.54, 1.807) is 76.6 Å². The van der Waals surface area contributed by atoms with E-state index >= 15 is 0 Å². The lowest BCUT2D eigenvalue weighted by molar-refractivity contribution is 0.473. The van der Waals surface area contributed by atoms with Crippen molar-refractivity contribution in [3.8, 4) is 79.1 Å². The van der Waals surface area contributed by atoms with Crippen molar-refractivity contribution >= 4 is 94.8 Å². The van der Waals surface area contributed by atoms with Crippen LogP contribution in [0.3, 0.4) is 0 Å². The number of aromatic nitrogens is 14. The highest BCUT2D eigenvalue weighted by Gasteiger charge is 2.28. The topological polar surface area (TPSA) is 330 Å². The number of hydrogen-bond donors (Lipinski definition) is 5. The van der Waals surface area contributed by atoms with Crippen LogP contribution in [0.15, 0.2) is 348 Å². The van der Waals surface area contributed by atoms with Gasteiger partial charge in [-0.2, -0.15) is 5.26 Å². The smallest absolute Gasteiger partial charge is 0.263 e. The zero-order chi connectivity index (χ0) is 103. The Hall–Kier alpha value is -20.1. The molecule has 29 heteroatoms. The summed E-state index contributed by atoms with van der Waals surface area (Å²) in [5.74, 6) is 3.97. The Morgan fingerprint density at radius 2 is 0.612 bits per heavy atom. The number of pyridine rings is 6. The summed E-state index contributed by atoms with van der Waals surface area (Å²) in [4.78, 5) is 116. The van der Waals surface area contributed by atoms with Gasteiger partial charge in [-0.1, -0.05) is 176 Å². The summed E-state index contributed by atoms with van der Waals surface area (Å²) in [5, 5.41) is 38.1. The molecule has 0 fully saturated rings. The number of aromatic hydroxyl groups is 1. The summed E-state index contributed by atoms with van der Waals surface area (Å²) < 4.78 is 6.86. The predicted octanol–water partition coefficient (Wildman–Crippen LogP) is 24.7. The van der Waals surface area contributed by atoms with Crippen molar-refractivity contribution in [3.05, 3.63) is 473 Å². The van der Waals surface area contributed by atoms with Gasteiger partial charge in [-0.15, -0.1) is 0 Å². The molecule has 5 N–H and O–H groups in total. The summed E-state index contributed by atoms with van der Waals surface area (Å²) >= 11 is 0. The Morgan fingerprint density at radius 3 is 0.884 bits per heavy atom. The second-order valence-electron chi connectivity index (χ2n) is 35.0. The average Bonchev–Trinajstić information content (AvgIpc) is 0.760. The molecule has 0 bridgehead atoms. The number of hydrogen-bond acceptors (Lipinski definition) is 21. The van der Waals surface area contributed by atoms with Crippen LogP contribution in [0.2, 0.25) is 0 Å². The largest absolute Gasteiger partial charge is 0.506 e. The molecular formula is C118H96N24O5. The fourth-order valence-corrected chi connectivity index (χ4v) is 17.7. The fourth-order valence-electron chi connectivity index (χ4n) is 17.7. The minimum absolute atomic E-state index is 0.0260. The van der Waals surface area contributed by atoms with Crippen LogP contribution in [0, 0.1) is 72.2 Å². The highest BCUT2D eigenvalue weighted by Crippen LogP contribution is 2.40. The maximum atomic E-state index is 14.3. The summed E-state index contributed by atoms with van der Waals surface area (Å²) in [6.07, 6.45) is 10.8. The molecule has 0 amide bonds.